The fraction of sp³-hybridized carbons (Fsp3) is 0.200. The van der Waals surface area contributed by atoms with Crippen molar-refractivity contribution in [3.63, 3.8) is 0 Å². The van der Waals surface area contributed by atoms with Crippen LogP contribution >= 0.6 is 11.6 Å². The van der Waals surface area contributed by atoms with E-state index in [1.807, 2.05) is 13.8 Å². The fourth-order valence-electron chi connectivity index (χ4n) is 2.83. The number of phenolic OH excluding ortho intramolecular Hbond substituents is 2. The lowest BCUT2D eigenvalue weighted by Gasteiger charge is -2.27. The van der Waals surface area contributed by atoms with E-state index in [9.17, 15) is 24.2 Å². The molecule has 5 nitrogen and oxygen atoms in total. The zero-order valence-corrected chi connectivity index (χ0v) is 15.3. The fourth-order valence-corrected chi connectivity index (χ4v) is 2.95. The van der Waals surface area contributed by atoms with E-state index < -0.39 is 29.2 Å². The van der Waals surface area contributed by atoms with Gasteiger partial charge in [-0.3, -0.25) is 9.59 Å². The average Bonchev–Trinajstić information content (AvgIpc) is 2.59. The van der Waals surface area contributed by atoms with E-state index in [0.717, 1.165) is 17.7 Å². The highest BCUT2D eigenvalue weighted by Crippen LogP contribution is 2.44. The van der Waals surface area contributed by atoms with Crippen molar-refractivity contribution < 1.29 is 28.9 Å². The van der Waals surface area contributed by atoms with E-state index in [2.05, 4.69) is 0 Å². The maximum atomic E-state index is 13.8. The van der Waals surface area contributed by atoms with Crippen molar-refractivity contribution in [2.75, 3.05) is 0 Å². The number of ketones is 2. The van der Waals surface area contributed by atoms with Gasteiger partial charge in [-0.15, -0.1) is 0 Å². The quantitative estimate of drug-likeness (QED) is 0.603. The first-order chi connectivity index (χ1) is 12.7. The van der Waals surface area contributed by atoms with Gasteiger partial charge in [0.1, 0.15) is 28.6 Å². The molecule has 1 atom stereocenters. The summed E-state index contributed by atoms with van der Waals surface area (Å²) in [6.45, 7) is 3.72. The molecule has 0 spiro atoms. The second-order valence-electron chi connectivity index (χ2n) is 6.45. The molecule has 1 aliphatic rings. The van der Waals surface area contributed by atoms with Crippen molar-refractivity contribution in [2.24, 2.45) is 0 Å². The zero-order chi connectivity index (χ0) is 19.9. The molecule has 0 fully saturated rings. The summed E-state index contributed by atoms with van der Waals surface area (Å²) in [7, 11) is 0. The Balaban J connectivity index is 2.16. The standard InChI is InChI=1S/C20H16ClFO5/c1-9(2)3-5-11-14(23)8-15(24)16-17(25)18(26)19(27-20(11)16)10-4-6-12(21)13(22)7-10/h3-4,6-8,19,23-24H,5H2,1-2H3. The number of aromatic hydroxyl groups is 2. The lowest BCUT2D eigenvalue weighted by Crippen LogP contribution is -2.32. The van der Waals surface area contributed by atoms with Gasteiger partial charge in [-0.2, -0.15) is 0 Å². The molecular formula is C20H16ClFO5. The second-order valence-corrected chi connectivity index (χ2v) is 6.86. The Morgan fingerprint density at radius 3 is 2.56 bits per heavy atom. The van der Waals surface area contributed by atoms with E-state index in [0.29, 0.717) is 0 Å². The normalized spacial score (nSPS) is 15.9. The van der Waals surface area contributed by atoms with E-state index in [-0.39, 0.29) is 39.6 Å². The molecule has 2 aromatic rings. The van der Waals surface area contributed by atoms with Gasteiger partial charge < -0.3 is 14.9 Å². The molecule has 1 unspecified atom stereocenters. The van der Waals surface area contributed by atoms with E-state index in [1.165, 1.54) is 12.1 Å². The minimum Gasteiger partial charge on any atom is -0.507 e. The Morgan fingerprint density at radius 2 is 1.93 bits per heavy atom. The number of phenols is 2. The first-order valence-electron chi connectivity index (χ1n) is 8.12. The van der Waals surface area contributed by atoms with Crippen molar-refractivity contribution in [1.29, 1.82) is 0 Å². The average molecular weight is 391 g/mol. The highest BCUT2D eigenvalue weighted by atomic mass is 35.5. The van der Waals surface area contributed by atoms with Gasteiger partial charge in [0.05, 0.1) is 5.02 Å². The number of allylic oxidation sites excluding steroid dienone is 2. The number of rotatable bonds is 3. The summed E-state index contributed by atoms with van der Waals surface area (Å²) >= 11 is 5.66. The lowest BCUT2D eigenvalue weighted by molar-refractivity contribution is -0.122. The summed E-state index contributed by atoms with van der Waals surface area (Å²) < 4.78 is 19.5. The van der Waals surface area contributed by atoms with Crippen LogP contribution in [0.15, 0.2) is 35.9 Å². The molecule has 27 heavy (non-hydrogen) atoms. The van der Waals surface area contributed by atoms with Crippen molar-refractivity contribution in [3.8, 4) is 17.2 Å². The summed E-state index contributed by atoms with van der Waals surface area (Å²) in [4.78, 5) is 25.1. The molecule has 1 heterocycles. The molecular weight excluding hydrogens is 375 g/mol. The maximum absolute atomic E-state index is 13.8. The Morgan fingerprint density at radius 1 is 1.22 bits per heavy atom. The van der Waals surface area contributed by atoms with Crippen molar-refractivity contribution in [3.05, 3.63) is 63.4 Å². The first kappa shape index (κ1) is 18.9. The van der Waals surface area contributed by atoms with Gasteiger partial charge in [0.25, 0.3) is 0 Å². The highest BCUT2D eigenvalue weighted by Gasteiger charge is 2.40. The van der Waals surface area contributed by atoms with Gasteiger partial charge in [0.15, 0.2) is 6.10 Å². The third kappa shape index (κ3) is 3.40. The largest absolute Gasteiger partial charge is 0.507 e. The number of Topliss-reactive ketones (excluding diaryl/α,β-unsaturated/α-hetero) is 2. The predicted octanol–water partition coefficient (Wildman–Crippen LogP) is 4.28. The molecule has 2 aromatic carbocycles. The van der Waals surface area contributed by atoms with Gasteiger partial charge in [0.2, 0.25) is 11.6 Å². The number of halogens is 2. The molecule has 0 saturated carbocycles. The minimum atomic E-state index is -1.40. The van der Waals surface area contributed by atoms with Crippen LogP contribution in [0.3, 0.4) is 0 Å². The van der Waals surface area contributed by atoms with Gasteiger partial charge in [-0.25, -0.2) is 4.39 Å². The molecule has 0 amide bonds. The molecule has 140 valence electrons. The number of carbonyl (C=O) groups is 2. The van der Waals surface area contributed by atoms with Gasteiger partial charge in [0, 0.05) is 17.2 Å². The van der Waals surface area contributed by atoms with Crippen molar-refractivity contribution >= 4 is 23.2 Å². The van der Waals surface area contributed by atoms with Crippen LogP contribution in [0, 0.1) is 5.82 Å². The number of fused-ring (bicyclic) bond motifs is 1. The molecule has 7 heteroatoms. The molecule has 0 saturated heterocycles. The molecule has 2 N–H and O–H groups in total. The Hall–Kier alpha value is -2.86. The summed E-state index contributed by atoms with van der Waals surface area (Å²) in [5, 5.41) is 20.1. The molecule has 1 aliphatic heterocycles. The second kappa shape index (κ2) is 7.04. The molecule has 0 radical (unpaired) electrons. The molecule has 3 rings (SSSR count). The van der Waals surface area contributed by atoms with Gasteiger partial charge in [-0.1, -0.05) is 29.3 Å². The van der Waals surface area contributed by atoms with Crippen LogP contribution in [0.5, 0.6) is 17.2 Å². The molecule has 0 bridgehead atoms. The van der Waals surface area contributed by atoms with E-state index in [1.54, 1.807) is 6.08 Å². The van der Waals surface area contributed by atoms with Gasteiger partial charge in [-0.05, 0) is 32.4 Å². The van der Waals surface area contributed by atoms with Crippen LogP contribution in [0.2, 0.25) is 5.02 Å². The summed E-state index contributed by atoms with van der Waals surface area (Å²) in [5.74, 6) is -3.58. The molecule has 0 aliphatic carbocycles. The SMILES string of the molecule is CC(C)=CCc1c(O)cc(O)c2c1OC(c1ccc(Cl)c(F)c1)C(=O)C2=O. The minimum absolute atomic E-state index is 0.0880. The summed E-state index contributed by atoms with van der Waals surface area (Å²) in [6, 6.07) is 4.66. The Bertz CT molecular complexity index is 992. The van der Waals surface area contributed by atoms with Crippen molar-refractivity contribution in [1.82, 2.24) is 0 Å². The lowest BCUT2D eigenvalue weighted by atomic mass is 9.91. The molecule has 0 aromatic heterocycles. The summed E-state index contributed by atoms with van der Waals surface area (Å²) in [5.41, 5.74) is 1.02. The van der Waals surface area contributed by atoms with Crippen LogP contribution in [0.1, 0.15) is 41.4 Å². The third-order valence-corrected chi connectivity index (χ3v) is 4.53. The number of hydrogen-bond acceptors (Lipinski definition) is 5. The number of benzene rings is 2. The van der Waals surface area contributed by atoms with Crippen LogP contribution in [0.4, 0.5) is 4.39 Å². The Kier molecular flexibility index (Phi) is 4.93. The monoisotopic (exact) mass is 390 g/mol. The Labute approximate surface area is 159 Å². The topological polar surface area (TPSA) is 83.8 Å². The maximum Gasteiger partial charge on any atom is 0.248 e. The highest BCUT2D eigenvalue weighted by molar-refractivity contribution is 6.47. The smallest absolute Gasteiger partial charge is 0.248 e. The van der Waals surface area contributed by atoms with Crippen LogP contribution in [-0.4, -0.2) is 21.8 Å². The number of carbonyl (C=O) groups excluding carboxylic acids is 2. The van der Waals surface area contributed by atoms with Crippen LogP contribution < -0.4 is 4.74 Å². The number of ether oxygens (including phenoxy) is 1. The van der Waals surface area contributed by atoms with Crippen LogP contribution in [-0.2, 0) is 11.2 Å². The first-order valence-corrected chi connectivity index (χ1v) is 8.49. The van der Waals surface area contributed by atoms with Crippen molar-refractivity contribution in [2.45, 2.75) is 26.4 Å². The predicted molar refractivity (Wildman–Crippen MR) is 97.0 cm³/mol. The third-order valence-electron chi connectivity index (χ3n) is 4.23. The van der Waals surface area contributed by atoms with E-state index >= 15 is 0 Å². The van der Waals surface area contributed by atoms with E-state index in [4.69, 9.17) is 16.3 Å². The summed E-state index contributed by atoms with van der Waals surface area (Å²) in [6.07, 6.45) is 0.622. The van der Waals surface area contributed by atoms with Crippen LogP contribution in [0.25, 0.3) is 0 Å². The number of hydrogen-bond donors (Lipinski definition) is 2. The zero-order valence-electron chi connectivity index (χ0n) is 14.5. The van der Waals surface area contributed by atoms with Gasteiger partial charge >= 0.3 is 0 Å².